The lowest BCUT2D eigenvalue weighted by atomic mass is 9.83. The molecule has 1 unspecified atom stereocenters. The van der Waals surface area contributed by atoms with Crippen molar-refractivity contribution in [3.8, 4) is 29.1 Å². The molecule has 10 heteroatoms. The van der Waals surface area contributed by atoms with Crippen molar-refractivity contribution in [1.82, 2.24) is 0 Å². The molecule has 4 aromatic rings. The first kappa shape index (κ1) is 27.7. The van der Waals surface area contributed by atoms with E-state index in [1.54, 1.807) is 18.2 Å². The molecule has 0 radical (unpaired) electrons. The number of fused-ring (bicyclic) bond motifs is 1. The molecule has 2 N–H and O–H groups in total. The summed E-state index contributed by atoms with van der Waals surface area (Å²) in [6, 6.07) is 28.1. The summed E-state index contributed by atoms with van der Waals surface area (Å²) in [7, 11) is 0. The highest BCUT2D eigenvalue weighted by atomic mass is 16.6. The van der Waals surface area contributed by atoms with E-state index in [-0.39, 0.29) is 28.6 Å². The van der Waals surface area contributed by atoms with E-state index in [4.69, 9.17) is 24.7 Å². The maximum Gasteiger partial charge on any atom is 0.349 e. The van der Waals surface area contributed by atoms with Crippen LogP contribution in [0.5, 0.6) is 23.0 Å². The molecule has 0 saturated carbocycles. The predicted molar refractivity (Wildman–Crippen MR) is 152 cm³/mol. The van der Waals surface area contributed by atoms with Crippen molar-refractivity contribution in [2.45, 2.75) is 19.4 Å². The van der Waals surface area contributed by atoms with Gasteiger partial charge in [-0.05, 0) is 42.3 Å². The number of hydrogen-bond acceptors (Lipinski definition) is 9. The number of nitrogens with zero attached hydrogens (tertiary/aromatic N) is 2. The lowest BCUT2D eigenvalue weighted by Crippen LogP contribution is -2.21. The van der Waals surface area contributed by atoms with Crippen molar-refractivity contribution in [3.63, 3.8) is 0 Å². The monoisotopic (exact) mass is 563 g/mol. The van der Waals surface area contributed by atoms with Gasteiger partial charge >= 0.3 is 11.7 Å². The maximum absolute atomic E-state index is 12.4. The highest BCUT2D eigenvalue weighted by molar-refractivity contribution is 5.74. The predicted octanol–water partition coefficient (Wildman–Crippen LogP) is 5.68. The van der Waals surface area contributed by atoms with E-state index in [0.29, 0.717) is 23.7 Å². The number of benzene rings is 4. The molecule has 210 valence electrons. The maximum atomic E-state index is 12.4. The Balaban J connectivity index is 1.30. The third-order valence-corrected chi connectivity index (χ3v) is 6.57. The van der Waals surface area contributed by atoms with Crippen molar-refractivity contribution < 1.29 is 28.7 Å². The Morgan fingerprint density at radius 3 is 2.43 bits per heavy atom. The summed E-state index contributed by atoms with van der Waals surface area (Å²) < 4.78 is 22.3. The van der Waals surface area contributed by atoms with Crippen LogP contribution in [0.3, 0.4) is 0 Å². The molecule has 0 aliphatic carbocycles. The number of nitro benzene ring substituents is 1. The van der Waals surface area contributed by atoms with Crippen LogP contribution in [0, 0.1) is 28.4 Å². The SMILES string of the molecule is Cc1ccc(COc2ccc(C3C(C#N)=C(N)Oc4cc(OC(=O)COc5ccccc5[N+](=O)[O-])ccc43)cc2)cc1. The molecule has 0 bridgehead atoms. The largest absolute Gasteiger partial charge is 0.489 e. The van der Waals surface area contributed by atoms with Crippen LogP contribution in [0.1, 0.15) is 28.2 Å². The third kappa shape index (κ3) is 6.16. The van der Waals surface area contributed by atoms with Gasteiger partial charge < -0.3 is 24.7 Å². The summed E-state index contributed by atoms with van der Waals surface area (Å²) >= 11 is 0. The van der Waals surface area contributed by atoms with Gasteiger partial charge in [0.2, 0.25) is 5.88 Å². The number of rotatable bonds is 9. The smallest absolute Gasteiger partial charge is 0.349 e. The number of nitro groups is 1. The van der Waals surface area contributed by atoms with E-state index >= 15 is 0 Å². The van der Waals surface area contributed by atoms with Crippen molar-refractivity contribution in [1.29, 1.82) is 5.26 Å². The van der Waals surface area contributed by atoms with E-state index in [0.717, 1.165) is 11.1 Å². The molecule has 42 heavy (non-hydrogen) atoms. The second-order valence-corrected chi connectivity index (χ2v) is 9.46. The van der Waals surface area contributed by atoms with Crippen LogP contribution in [0.4, 0.5) is 5.69 Å². The van der Waals surface area contributed by atoms with Gasteiger partial charge in [-0.3, -0.25) is 10.1 Å². The van der Waals surface area contributed by atoms with E-state index in [2.05, 4.69) is 6.07 Å². The van der Waals surface area contributed by atoms with Crippen molar-refractivity contribution >= 4 is 11.7 Å². The molecule has 0 spiro atoms. The molecule has 10 nitrogen and oxygen atoms in total. The summed E-state index contributed by atoms with van der Waals surface area (Å²) in [6.45, 7) is 1.90. The summed E-state index contributed by atoms with van der Waals surface area (Å²) in [5, 5.41) is 21.0. The van der Waals surface area contributed by atoms with Gasteiger partial charge in [0, 0.05) is 17.7 Å². The number of carbonyl (C=O) groups is 1. The Labute approximate surface area is 241 Å². The van der Waals surface area contributed by atoms with Crippen LogP contribution in [0.15, 0.2) is 102 Å². The Kier molecular flexibility index (Phi) is 8.02. The minimum Gasteiger partial charge on any atom is -0.489 e. The van der Waals surface area contributed by atoms with Gasteiger partial charge in [-0.1, -0.05) is 60.2 Å². The molecule has 1 aliphatic heterocycles. The Bertz CT molecular complexity index is 1710. The number of aryl methyl sites for hydroxylation is 1. The summed E-state index contributed by atoms with van der Waals surface area (Å²) in [5.41, 5.74) is 9.78. The van der Waals surface area contributed by atoms with Gasteiger partial charge in [0.25, 0.3) is 0 Å². The molecule has 0 amide bonds. The average molecular weight is 564 g/mol. The number of ether oxygens (including phenoxy) is 4. The Hall–Kier alpha value is -5.82. The molecule has 0 fully saturated rings. The van der Waals surface area contributed by atoms with E-state index in [1.807, 2.05) is 55.5 Å². The number of esters is 1. The van der Waals surface area contributed by atoms with Crippen molar-refractivity contribution in [2.75, 3.05) is 6.61 Å². The number of nitriles is 1. The van der Waals surface area contributed by atoms with Crippen molar-refractivity contribution in [3.05, 3.63) is 135 Å². The summed E-state index contributed by atoms with van der Waals surface area (Å²) in [6.07, 6.45) is 0. The average Bonchev–Trinajstić information content (AvgIpc) is 2.99. The molecule has 1 heterocycles. The van der Waals surface area contributed by atoms with Crippen LogP contribution < -0.4 is 24.7 Å². The highest BCUT2D eigenvalue weighted by Gasteiger charge is 2.31. The van der Waals surface area contributed by atoms with Gasteiger partial charge in [0.1, 0.15) is 35.5 Å². The molecular formula is C32H25N3O7. The molecular weight excluding hydrogens is 538 g/mol. The second kappa shape index (κ2) is 12.1. The molecule has 4 aromatic carbocycles. The second-order valence-electron chi connectivity index (χ2n) is 9.46. The lowest BCUT2D eigenvalue weighted by Gasteiger charge is -2.26. The fourth-order valence-corrected chi connectivity index (χ4v) is 4.48. The molecule has 5 rings (SSSR count). The van der Waals surface area contributed by atoms with Gasteiger partial charge in [-0.25, -0.2) is 4.79 Å². The zero-order valence-corrected chi connectivity index (χ0v) is 22.5. The van der Waals surface area contributed by atoms with E-state index in [9.17, 15) is 20.2 Å². The van der Waals surface area contributed by atoms with Gasteiger partial charge in [-0.15, -0.1) is 0 Å². The zero-order chi connectivity index (χ0) is 29.6. The van der Waals surface area contributed by atoms with Crippen LogP contribution in [-0.2, 0) is 11.4 Å². The first-order chi connectivity index (χ1) is 20.3. The van der Waals surface area contributed by atoms with Gasteiger partial charge in [-0.2, -0.15) is 5.26 Å². The topological polar surface area (TPSA) is 147 Å². The van der Waals surface area contributed by atoms with Gasteiger partial charge in [0.15, 0.2) is 12.4 Å². The van der Waals surface area contributed by atoms with Crippen molar-refractivity contribution in [2.24, 2.45) is 5.73 Å². The quantitative estimate of drug-likeness (QED) is 0.117. The van der Waals surface area contributed by atoms with Gasteiger partial charge in [0.05, 0.1) is 10.8 Å². The minimum atomic E-state index is -0.775. The molecule has 1 aliphatic rings. The first-order valence-corrected chi connectivity index (χ1v) is 12.9. The molecule has 0 saturated heterocycles. The third-order valence-electron chi connectivity index (χ3n) is 6.57. The number of hydrogen-bond donors (Lipinski definition) is 1. The van der Waals surface area contributed by atoms with E-state index < -0.39 is 23.4 Å². The van der Waals surface area contributed by atoms with Crippen LogP contribution in [-0.4, -0.2) is 17.5 Å². The first-order valence-electron chi connectivity index (χ1n) is 12.9. The van der Waals surface area contributed by atoms with E-state index in [1.165, 1.54) is 29.8 Å². The standard InChI is InChI=1S/C32H25N3O7/c1-20-6-8-21(9-7-20)18-39-23-12-10-22(11-13-23)31-25-15-14-24(16-29(25)42-32(34)26(31)17-33)41-30(36)19-40-28-5-3-2-4-27(28)35(37)38/h2-16,31H,18-19,34H2,1H3. The molecule has 0 aromatic heterocycles. The lowest BCUT2D eigenvalue weighted by molar-refractivity contribution is -0.385. The fourth-order valence-electron chi connectivity index (χ4n) is 4.48. The minimum absolute atomic E-state index is 0.0513. The normalized spacial score (nSPS) is 13.8. The Morgan fingerprint density at radius 1 is 1.00 bits per heavy atom. The number of para-hydroxylation sites is 2. The number of nitrogens with two attached hydrogens (primary N) is 1. The number of carbonyl (C=O) groups excluding carboxylic acids is 1. The molecule has 1 atom stereocenters. The van der Waals surface area contributed by atoms with Crippen LogP contribution in [0.25, 0.3) is 0 Å². The number of allylic oxidation sites excluding steroid dienone is 1. The zero-order valence-electron chi connectivity index (χ0n) is 22.5. The highest BCUT2D eigenvalue weighted by Crippen LogP contribution is 2.43. The Morgan fingerprint density at radius 2 is 1.71 bits per heavy atom. The van der Waals surface area contributed by atoms with Crippen LogP contribution >= 0.6 is 0 Å². The summed E-state index contributed by atoms with van der Waals surface area (Å²) in [5.74, 6) is -0.257. The fraction of sp³-hybridized carbons (Fsp3) is 0.125. The van der Waals surface area contributed by atoms with Crippen LogP contribution in [0.2, 0.25) is 0 Å². The summed E-state index contributed by atoms with van der Waals surface area (Å²) in [4.78, 5) is 23.0.